The number of anilines is 1. The van der Waals surface area contributed by atoms with Crippen LogP contribution in [0.1, 0.15) is 25.6 Å². The summed E-state index contributed by atoms with van der Waals surface area (Å²) in [7, 11) is -3.66. The summed E-state index contributed by atoms with van der Waals surface area (Å²) in [6.07, 6.45) is 0. The molecule has 6 nitrogen and oxygen atoms in total. The molecule has 1 aromatic carbocycles. The first-order valence-electron chi connectivity index (χ1n) is 7.72. The Bertz CT molecular complexity index is 814. The van der Waals surface area contributed by atoms with Gasteiger partial charge in [0, 0.05) is 43.6 Å². The quantitative estimate of drug-likeness (QED) is 0.826. The molecule has 0 amide bonds. The van der Waals surface area contributed by atoms with E-state index in [9.17, 15) is 12.8 Å². The third-order valence-corrected chi connectivity index (χ3v) is 6.58. The van der Waals surface area contributed by atoms with Crippen LogP contribution in [-0.2, 0) is 10.0 Å². The Labute approximate surface area is 145 Å². The lowest BCUT2D eigenvalue weighted by Crippen LogP contribution is -2.48. The summed E-state index contributed by atoms with van der Waals surface area (Å²) >= 11 is 1.34. The lowest BCUT2D eigenvalue weighted by molar-refractivity contribution is 0.384. The molecule has 1 aliphatic rings. The minimum absolute atomic E-state index is 0.00559. The number of halogens is 1. The molecule has 1 aromatic heterocycles. The van der Waals surface area contributed by atoms with Gasteiger partial charge in [0.2, 0.25) is 15.2 Å². The van der Waals surface area contributed by atoms with Crippen molar-refractivity contribution in [2.75, 3.05) is 31.1 Å². The van der Waals surface area contributed by atoms with Gasteiger partial charge in [0.25, 0.3) is 0 Å². The third kappa shape index (κ3) is 3.42. The van der Waals surface area contributed by atoms with E-state index in [1.54, 1.807) is 0 Å². The van der Waals surface area contributed by atoms with E-state index in [4.69, 9.17) is 0 Å². The van der Waals surface area contributed by atoms with E-state index in [0.29, 0.717) is 26.2 Å². The van der Waals surface area contributed by atoms with Crippen LogP contribution in [0.25, 0.3) is 0 Å². The lowest BCUT2D eigenvalue weighted by Gasteiger charge is -2.33. The van der Waals surface area contributed by atoms with Crippen molar-refractivity contribution in [2.24, 2.45) is 0 Å². The summed E-state index contributed by atoms with van der Waals surface area (Å²) in [4.78, 5) is 6.54. The maximum atomic E-state index is 13.3. The van der Waals surface area contributed by atoms with Crippen molar-refractivity contribution in [3.8, 4) is 0 Å². The molecule has 1 aliphatic heterocycles. The van der Waals surface area contributed by atoms with Gasteiger partial charge in [0.1, 0.15) is 11.6 Å². The largest absolute Gasteiger partial charge is 0.344 e. The van der Waals surface area contributed by atoms with E-state index in [1.165, 1.54) is 34.0 Å². The molecule has 0 aliphatic carbocycles. The smallest absolute Gasteiger partial charge is 0.243 e. The molecule has 2 heterocycles. The predicted molar refractivity (Wildman–Crippen MR) is 91.4 cm³/mol. The van der Waals surface area contributed by atoms with Gasteiger partial charge in [-0.1, -0.05) is 19.9 Å². The first-order valence-corrected chi connectivity index (χ1v) is 9.93. The average Bonchev–Trinajstić information content (AvgIpc) is 3.05. The van der Waals surface area contributed by atoms with Crippen molar-refractivity contribution in [1.82, 2.24) is 13.7 Å². The predicted octanol–water partition coefficient (Wildman–Crippen LogP) is 2.31. The van der Waals surface area contributed by atoms with Crippen molar-refractivity contribution >= 4 is 26.7 Å². The van der Waals surface area contributed by atoms with Crippen molar-refractivity contribution in [1.29, 1.82) is 0 Å². The normalized spacial score (nSPS) is 16.8. The van der Waals surface area contributed by atoms with Gasteiger partial charge in [0.05, 0.1) is 4.90 Å². The van der Waals surface area contributed by atoms with E-state index < -0.39 is 15.8 Å². The molecular formula is C15H19FN4O2S2. The number of hydrogen-bond acceptors (Lipinski definition) is 6. The zero-order chi connectivity index (χ0) is 17.3. The van der Waals surface area contributed by atoms with Gasteiger partial charge < -0.3 is 4.90 Å². The maximum absolute atomic E-state index is 13.3. The van der Waals surface area contributed by atoms with Crippen molar-refractivity contribution in [3.63, 3.8) is 0 Å². The van der Waals surface area contributed by atoms with Gasteiger partial charge >= 0.3 is 0 Å². The number of rotatable bonds is 4. The SMILES string of the molecule is CC(C)c1nsc(N2CCN(S(=O)(=O)c3cccc(F)c3)CC2)n1. The first kappa shape index (κ1) is 17.2. The lowest BCUT2D eigenvalue weighted by atomic mass is 10.2. The van der Waals surface area contributed by atoms with Crippen LogP contribution in [-0.4, -0.2) is 48.3 Å². The molecule has 9 heteroatoms. The summed E-state index contributed by atoms with van der Waals surface area (Å²) in [5, 5.41) is 0.821. The molecular weight excluding hydrogens is 351 g/mol. The fraction of sp³-hybridized carbons (Fsp3) is 0.467. The minimum atomic E-state index is -3.66. The van der Waals surface area contributed by atoms with Gasteiger partial charge in [-0.05, 0) is 18.2 Å². The number of hydrogen-bond donors (Lipinski definition) is 0. The Kier molecular flexibility index (Phi) is 4.84. The molecule has 0 N–H and O–H groups in total. The molecule has 1 saturated heterocycles. The van der Waals surface area contributed by atoms with Gasteiger partial charge in [0.15, 0.2) is 0 Å². The molecule has 0 radical (unpaired) electrons. The number of benzene rings is 1. The Balaban J connectivity index is 1.70. The zero-order valence-electron chi connectivity index (χ0n) is 13.5. The van der Waals surface area contributed by atoms with E-state index in [0.717, 1.165) is 17.0 Å². The summed E-state index contributed by atoms with van der Waals surface area (Å²) in [6.45, 7) is 5.85. The highest BCUT2D eigenvalue weighted by atomic mass is 32.2. The van der Waals surface area contributed by atoms with Gasteiger partial charge in [-0.15, -0.1) is 0 Å². The monoisotopic (exact) mass is 370 g/mol. The summed E-state index contributed by atoms with van der Waals surface area (Å²) in [5.74, 6) is 0.527. The van der Waals surface area contributed by atoms with Crippen molar-refractivity contribution in [3.05, 3.63) is 35.9 Å². The van der Waals surface area contributed by atoms with E-state index in [-0.39, 0.29) is 10.8 Å². The Morgan fingerprint density at radius 3 is 2.50 bits per heavy atom. The molecule has 1 fully saturated rings. The van der Waals surface area contributed by atoms with Crippen LogP contribution in [0.4, 0.5) is 9.52 Å². The van der Waals surface area contributed by atoms with E-state index >= 15 is 0 Å². The molecule has 0 saturated carbocycles. The molecule has 24 heavy (non-hydrogen) atoms. The van der Waals surface area contributed by atoms with Gasteiger partial charge in [-0.2, -0.15) is 8.68 Å². The second kappa shape index (κ2) is 6.73. The van der Waals surface area contributed by atoms with Crippen LogP contribution in [0.2, 0.25) is 0 Å². The molecule has 2 aromatic rings. The number of piperazine rings is 1. The molecule has 0 bridgehead atoms. The van der Waals surface area contributed by atoms with Crippen LogP contribution in [0, 0.1) is 5.82 Å². The maximum Gasteiger partial charge on any atom is 0.243 e. The highest BCUT2D eigenvalue weighted by Gasteiger charge is 2.29. The fourth-order valence-corrected chi connectivity index (χ4v) is 4.80. The van der Waals surface area contributed by atoms with Crippen molar-refractivity contribution < 1.29 is 12.8 Å². The average molecular weight is 370 g/mol. The van der Waals surface area contributed by atoms with E-state index in [2.05, 4.69) is 9.36 Å². The second-order valence-corrected chi connectivity index (χ2v) is 8.61. The zero-order valence-corrected chi connectivity index (χ0v) is 15.1. The highest BCUT2D eigenvalue weighted by molar-refractivity contribution is 7.89. The number of sulfonamides is 1. The summed E-state index contributed by atoms with van der Waals surface area (Å²) in [6, 6.07) is 5.12. The Morgan fingerprint density at radius 2 is 1.92 bits per heavy atom. The van der Waals surface area contributed by atoms with Gasteiger partial charge in [-0.25, -0.2) is 17.8 Å². The second-order valence-electron chi connectivity index (χ2n) is 5.94. The van der Waals surface area contributed by atoms with Crippen LogP contribution in [0.3, 0.4) is 0 Å². The van der Waals surface area contributed by atoms with Crippen LogP contribution in [0.15, 0.2) is 29.2 Å². The molecule has 130 valence electrons. The van der Waals surface area contributed by atoms with Crippen LogP contribution >= 0.6 is 11.5 Å². The molecule has 3 rings (SSSR count). The Morgan fingerprint density at radius 1 is 1.21 bits per heavy atom. The van der Waals surface area contributed by atoms with Crippen LogP contribution in [0.5, 0.6) is 0 Å². The standard InChI is InChI=1S/C15H19FN4O2S2/c1-11(2)14-17-15(23-18-14)19-6-8-20(9-7-19)24(21,22)13-5-3-4-12(16)10-13/h3-5,10-11H,6-9H2,1-2H3. The highest BCUT2D eigenvalue weighted by Crippen LogP contribution is 2.24. The van der Waals surface area contributed by atoms with Gasteiger partial charge in [-0.3, -0.25) is 0 Å². The fourth-order valence-electron chi connectivity index (χ4n) is 2.49. The van der Waals surface area contributed by atoms with Crippen molar-refractivity contribution in [2.45, 2.75) is 24.7 Å². The summed E-state index contributed by atoms with van der Waals surface area (Å²) in [5.41, 5.74) is 0. The summed E-state index contributed by atoms with van der Waals surface area (Å²) < 4.78 is 44.2. The van der Waals surface area contributed by atoms with E-state index in [1.807, 2.05) is 18.7 Å². The minimum Gasteiger partial charge on any atom is -0.344 e. The topological polar surface area (TPSA) is 66.4 Å². The molecule has 0 atom stereocenters. The third-order valence-electron chi connectivity index (χ3n) is 3.89. The molecule has 0 unspecified atom stereocenters. The van der Waals surface area contributed by atoms with Crippen LogP contribution < -0.4 is 4.90 Å². The molecule has 0 spiro atoms. The number of nitrogens with zero attached hydrogens (tertiary/aromatic N) is 4. The number of aromatic nitrogens is 2. The Hall–Kier alpha value is -1.58. The first-order chi connectivity index (χ1) is 11.4.